The Balaban J connectivity index is 2.08. The minimum absolute atomic E-state index is 0.102. The summed E-state index contributed by atoms with van der Waals surface area (Å²) in [7, 11) is 0. The maximum Gasteiger partial charge on any atom is 0.418 e. The minimum atomic E-state index is -4.67. The molecule has 2 aromatic carbocycles. The Morgan fingerprint density at radius 1 is 1.13 bits per heavy atom. The SMILES string of the molecule is O=C(NCc1ccccc1F)Nc1ccc(Cl)cc1C(F)(F)F. The quantitative estimate of drug-likeness (QED) is 0.769. The van der Waals surface area contributed by atoms with Gasteiger partial charge >= 0.3 is 12.2 Å². The first-order chi connectivity index (χ1) is 10.8. The summed E-state index contributed by atoms with van der Waals surface area (Å²) in [5, 5.41) is 4.27. The number of amides is 2. The maximum absolute atomic E-state index is 13.4. The Morgan fingerprint density at radius 2 is 1.83 bits per heavy atom. The zero-order valence-electron chi connectivity index (χ0n) is 11.5. The second-order valence-electron chi connectivity index (χ2n) is 4.59. The van der Waals surface area contributed by atoms with E-state index in [1.165, 1.54) is 24.3 Å². The largest absolute Gasteiger partial charge is 0.418 e. The maximum atomic E-state index is 13.4. The van der Waals surface area contributed by atoms with Gasteiger partial charge in [-0.3, -0.25) is 0 Å². The summed E-state index contributed by atoms with van der Waals surface area (Å²) < 4.78 is 52.1. The zero-order chi connectivity index (χ0) is 17.0. The first-order valence-electron chi connectivity index (χ1n) is 6.42. The second kappa shape index (κ2) is 6.87. The van der Waals surface area contributed by atoms with Gasteiger partial charge in [-0.05, 0) is 24.3 Å². The molecule has 2 amide bonds. The van der Waals surface area contributed by atoms with E-state index in [0.29, 0.717) is 6.07 Å². The highest BCUT2D eigenvalue weighted by molar-refractivity contribution is 6.30. The lowest BCUT2D eigenvalue weighted by molar-refractivity contribution is -0.136. The number of nitrogens with one attached hydrogen (secondary N) is 2. The number of benzene rings is 2. The molecule has 0 saturated heterocycles. The number of alkyl halides is 3. The van der Waals surface area contributed by atoms with Gasteiger partial charge in [-0.1, -0.05) is 29.8 Å². The molecule has 0 aliphatic heterocycles. The molecule has 0 fully saturated rings. The average molecular weight is 347 g/mol. The summed E-state index contributed by atoms with van der Waals surface area (Å²) in [5.74, 6) is -0.518. The fourth-order valence-electron chi connectivity index (χ4n) is 1.84. The van der Waals surface area contributed by atoms with Crippen LogP contribution in [-0.4, -0.2) is 6.03 Å². The second-order valence-corrected chi connectivity index (χ2v) is 5.02. The van der Waals surface area contributed by atoms with Gasteiger partial charge in [0.1, 0.15) is 5.82 Å². The molecule has 0 bridgehead atoms. The standard InChI is InChI=1S/C15H11ClF4N2O/c16-10-5-6-13(11(7-10)15(18,19)20)22-14(23)21-8-9-3-1-2-4-12(9)17/h1-7H,8H2,(H2,21,22,23). The van der Waals surface area contributed by atoms with Gasteiger partial charge in [0.25, 0.3) is 0 Å². The highest BCUT2D eigenvalue weighted by Crippen LogP contribution is 2.36. The third kappa shape index (κ3) is 4.59. The van der Waals surface area contributed by atoms with Gasteiger partial charge in [-0.25, -0.2) is 9.18 Å². The van der Waals surface area contributed by atoms with Crippen molar-refractivity contribution in [3.05, 3.63) is 64.4 Å². The van der Waals surface area contributed by atoms with Crippen LogP contribution in [0, 0.1) is 5.82 Å². The molecule has 122 valence electrons. The summed E-state index contributed by atoms with van der Waals surface area (Å²) in [6.07, 6.45) is -4.67. The number of hydrogen-bond acceptors (Lipinski definition) is 1. The molecule has 3 nitrogen and oxygen atoms in total. The van der Waals surface area contributed by atoms with Gasteiger partial charge < -0.3 is 10.6 Å². The minimum Gasteiger partial charge on any atom is -0.334 e. The highest BCUT2D eigenvalue weighted by Gasteiger charge is 2.34. The van der Waals surface area contributed by atoms with Gasteiger partial charge in [0.15, 0.2) is 0 Å². The van der Waals surface area contributed by atoms with Crippen LogP contribution < -0.4 is 10.6 Å². The fourth-order valence-corrected chi connectivity index (χ4v) is 2.02. The summed E-state index contributed by atoms with van der Waals surface area (Å²) in [6.45, 7) is -0.159. The van der Waals surface area contributed by atoms with E-state index in [-0.39, 0.29) is 17.1 Å². The molecule has 2 rings (SSSR count). The van der Waals surface area contributed by atoms with Gasteiger partial charge in [-0.15, -0.1) is 0 Å². The predicted molar refractivity (Wildman–Crippen MR) is 78.7 cm³/mol. The smallest absolute Gasteiger partial charge is 0.334 e. The number of anilines is 1. The fraction of sp³-hybridized carbons (Fsp3) is 0.133. The van der Waals surface area contributed by atoms with Crippen molar-refractivity contribution in [3.8, 4) is 0 Å². The summed E-state index contributed by atoms with van der Waals surface area (Å²) in [5.41, 5.74) is -1.28. The Hall–Kier alpha value is -2.28. The highest BCUT2D eigenvalue weighted by atomic mass is 35.5. The van der Waals surface area contributed by atoms with Crippen molar-refractivity contribution >= 4 is 23.3 Å². The number of hydrogen-bond donors (Lipinski definition) is 2. The molecule has 23 heavy (non-hydrogen) atoms. The molecular formula is C15H11ClF4N2O. The van der Waals surface area contributed by atoms with E-state index < -0.39 is 29.3 Å². The summed E-state index contributed by atoms with van der Waals surface area (Å²) >= 11 is 5.55. The van der Waals surface area contributed by atoms with Crippen LogP contribution in [0.4, 0.5) is 28.0 Å². The van der Waals surface area contributed by atoms with Gasteiger partial charge in [0, 0.05) is 17.1 Å². The lowest BCUT2D eigenvalue weighted by Crippen LogP contribution is -2.29. The summed E-state index contributed by atoms with van der Waals surface area (Å²) in [4.78, 5) is 11.7. The van der Waals surface area contributed by atoms with Crippen LogP contribution in [0.3, 0.4) is 0 Å². The number of halogens is 5. The molecular weight excluding hydrogens is 336 g/mol. The van der Waals surface area contributed by atoms with E-state index in [4.69, 9.17) is 11.6 Å². The Morgan fingerprint density at radius 3 is 2.48 bits per heavy atom. The molecule has 8 heteroatoms. The van der Waals surface area contributed by atoms with Gasteiger partial charge in [-0.2, -0.15) is 13.2 Å². The molecule has 0 unspecified atom stereocenters. The van der Waals surface area contributed by atoms with Crippen molar-refractivity contribution in [3.63, 3.8) is 0 Å². The van der Waals surface area contributed by atoms with E-state index in [2.05, 4.69) is 10.6 Å². The predicted octanol–water partition coefficient (Wildman–Crippen LogP) is 4.82. The number of rotatable bonds is 3. The Bertz CT molecular complexity index is 719. The molecule has 0 aliphatic carbocycles. The number of urea groups is 1. The van der Waals surface area contributed by atoms with Crippen molar-refractivity contribution in [2.24, 2.45) is 0 Å². The van der Waals surface area contributed by atoms with Crippen molar-refractivity contribution < 1.29 is 22.4 Å². The van der Waals surface area contributed by atoms with Gasteiger partial charge in [0.2, 0.25) is 0 Å². The summed E-state index contributed by atoms with van der Waals surface area (Å²) in [6, 6.07) is 7.85. The Labute approximate surface area is 134 Å². The van der Waals surface area contributed by atoms with Crippen LogP contribution in [0.1, 0.15) is 11.1 Å². The lowest BCUT2D eigenvalue weighted by Gasteiger charge is -2.14. The van der Waals surface area contributed by atoms with Crippen LogP contribution in [0.15, 0.2) is 42.5 Å². The van der Waals surface area contributed by atoms with Crippen molar-refractivity contribution in [2.75, 3.05) is 5.32 Å². The van der Waals surface area contributed by atoms with E-state index in [1.807, 2.05) is 0 Å². The third-order valence-corrected chi connectivity index (χ3v) is 3.17. The number of carbonyl (C=O) groups excluding carboxylic acids is 1. The first-order valence-corrected chi connectivity index (χ1v) is 6.80. The molecule has 0 spiro atoms. The molecule has 2 N–H and O–H groups in total. The van der Waals surface area contributed by atoms with Crippen LogP contribution in [-0.2, 0) is 12.7 Å². The third-order valence-electron chi connectivity index (χ3n) is 2.93. The van der Waals surface area contributed by atoms with Crippen molar-refractivity contribution in [2.45, 2.75) is 12.7 Å². The Kier molecular flexibility index (Phi) is 5.10. The van der Waals surface area contributed by atoms with Crippen molar-refractivity contribution in [1.82, 2.24) is 5.32 Å². The normalized spacial score (nSPS) is 11.2. The van der Waals surface area contributed by atoms with E-state index in [9.17, 15) is 22.4 Å². The molecule has 0 radical (unpaired) electrons. The first kappa shape index (κ1) is 17.1. The lowest BCUT2D eigenvalue weighted by atomic mass is 10.1. The van der Waals surface area contributed by atoms with Crippen LogP contribution in [0.2, 0.25) is 5.02 Å². The zero-order valence-corrected chi connectivity index (χ0v) is 12.3. The van der Waals surface area contributed by atoms with Crippen molar-refractivity contribution in [1.29, 1.82) is 0 Å². The van der Waals surface area contributed by atoms with E-state index in [0.717, 1.165) is 6.07 Å². The van der Waals surface area contributed by atoms with Gasteiger partial charge in [0.05, 0.1) is 11.3 Å². The van der Waals surface area contributed by atoms with Crippen LogP contribution in [0.5, 0.6) is 0 Å². The average Bonchev–Trinajstić information content (AvgIpc) is 2.47. The molecule has 0 aromatic heterocycles. The topological polar surface area (TPSA) is 41.1 Å². The van der Waals surface area contributed by atoms with E-state index in [1.54, 1.807) is 6.07 Å². The molecule has 0 atom stereocenters. The van der Waals surface area contributed by atoms with Crippen LogP contribution in [0.25, 0.3) is 0 Å². The van der Waals surface area contributed by atoms with E-state index >= 15 is 0 Å². The molecule has 0 heterocycles. The molecule has 2 aromatic rings. The number of carbonyl (C=O) groups is 1. The van der Waals surface area contributed by atoms with Crippen LogP contribution >= 0.6 is 11.6 Å². The molecule has 0 aliphatic rings. The monoisotopic (exact) mass is 346 g/mol. The molecule has 0 saturated carbocycles.